The molecule has 0 saturated carbocycles. The topological polar surface area (TPSA) is 134 Å². The SMILES string of the molecule is C[C@@H](O)C(=O)N1CC[C@H](N2CCc3c(-c4cnc(N)nc4)nc(N4CCOCC4)nc32)C1. The highest BCUT2D eigenvalue weighted by Gasteiger charge is 2.37. The summed E-state index contributed by atoms with van der Waals surface area (Å²) < 4.78 is 5.50. The van der Waals surface area contributed by atoms with Crippen molar-refractivity contribution in [2.45, 2.75) is 31.9 Å². The number of likely N-dealkylation sites (tertiary alicyclic amines) is 1. The second-order valence-electron chi connectivity index (χ2n) is 8.45. The number of morpholine rings is 1. The Morgan fingerprint density at radius 2 is 1.94 bits per heavy atom. The molecular weight excluding hydrogens is 412 g/mol. The number of rotatable bonds is 4. The van der Waals surface area contributed by atoms with Crippen molar-refractivity contribution in [1.29, 1.82) is 0 Å². The molecule has 11 heteroatoms. The number of aromatic nitrogens is 4. The van der Waals surface area contributed by atoms with Crippen LogP contribution in [0.15, 0.2) is 12.4 Å². The first-order valence-electron chi connectivity index (χ1n) is 11.1. The molecule has 0 aromatic carbocycles. The summed E-state index contributed by atoms with van der Waals surface area (Å²) >= 11 is 0. The van der Waals surface area contributed by atoms with Gasteiger partial charge in [-0.2, -0.15) is 4.98 Å². The number of nitrogens with zero attached hydrogens (tertiary/aromatic N) is 7. The molecule has 0 radical (unpaired) electrons. The second kappa shape index (κ2) is 8.47. The molecule has 2 saturated heterocycles. The van der Waals surface area contributed by atoms with E-state index in [1.807, 2.05) is 0 Å². The molecule has 0 aliphatic carbocycles. The van der Waals surface area contributed by atoms with E-state index in [2.05, 4.69) is 19.8 Å². The predicted octanol–water partition coefficient (Wildman–Crippen LogP) is -0.303. The number of hydrogen-bond acceptors (Lipinski definition) is 10. The minimum absolute atomic E-state index is 0.155. The van der Waals surface area contributed by atoms with Gasteiger partial charge >= 0.3 is 0 Å². The summed E-state index contributed by atoms with van der Waals surface area (Å²) in [6.07, 6.45) is 4.07. The number of nitrogen functional groups attached to an aromatic ring is 1. The Kier molecular flexibility index (Phi) is 5.51. The molecule has 3 aliphatic rings. The van der Waals surface area contributed by atoms with Gasteiger partial charge in [0.1, 0.15) is 11.9 Å². The Morgan fingerprint density at radius 1 is 1.19 bits per heavy atom. The number of fused-ring (bicyclic) bond motifs is 1. The van der Waals surface area contributed by atoms with E-state index in [-0.39, 0.29) is 17.9 Å². The lowest BCUT2D eigenvalue weighted by molar-refractivity contribution is -0.138. The Labute approximate surface area is 186 Å². The van der Waals surface area contributed by atoms with Gasteiger partial charge in [0.05, 0.1) is 18.9 Å². The van der Waals surface area contributed by atoms with E-state index in [0.29, 0.717) is 32.3 Å². The number of ether oxygens (including phenoxy) is 1. The first-order valence-corrected chi connectivity index (χ1v) is 11.1. The van der Waals surface area contributed by atoms with Gasteiger partial charge in [0, 0.05) is 62.3 Å². The van der Waals surface area contributed by atoms with Crippen LogP contribution in [0, 0.1) is 0 Å². The molecule has 5 rings (SSSR count). The van der Waals surface area contributed by atoms with Crippen molar-refractivity contribution in [3.63, 3.8) is 0 Å². The van der Waals surface area contributed by atoms with Crippen LogP contribution in [0.2, 0.25) is 0 Å². The number of amides is 1. The van der Waals surface area contributed by atoms with Crippen LogP contribution in [0.5, 0.6) is 0 Å². The molecule has 2 atom stereocenters. The van der Waals surface area contributed by atoms with Gasteiger partial charge in [0.15, 0.2) is 0 Å². The lowest BCUT2D eigenvalue weighted by Gasteiger charge is -2.30. The van der Waals surface area contributed by atoms with E-state index in [1.165, 1.54) is 6.92 Å². The number of aliphatic hydroxyl groups excluding tert-OH is 1. The summed E-state index contributed by atoms with van der Waals surface area (Å²) in [6, 6.07) is 0.155. The quantitative estimate of drug-likeness (QED) is 0.652. The first kappa shape index (κ1) is 20.8. The summed E-state index contributed by atoms with van der Waals surface area (Å²) in [5, 5.41) is 9.69. The number of carbonyl (C=O) groups is 1. The maximum atomic E-state index is 12.3. The van der Waals surface area contributed by atoms with Crippen LogP contribution < -0.4 is 15.5 Å². The van der Waals surface area contributed by atoms with Crippen LogP contribution in [0.25, 0.3) is 11.3 Å². The van der Waals surface area contributed by atoms with Crippen molar-refractivity contribution in [3.05, 3.63) is 18.0 Å². The molecule has 5 heterocycles. The Bertz CT molecular complexity index is 993. The number of carbonyl (C=O) groups excluding carboxylic acids is 1. The highest BCUT2D eigenvalue weighted by molar-refractivity contribution is 5.80. The van der Waals surface area contributed by atoms with E-state index in [4.69, 9.17) is 20.4 Å². The summed E-state index contributed by atoms with van der Waals surface area (Å²) in [5.74, 6) is 1.58. The lowest BCUT2D eigenvalue weighted by atomic mass is 10.1. The van der Waals surface area contributed by atoms with Crippen molar-refractivity contribution in [2.24, 2.45) is 0 Å². The van der Waals surface area contributed by atoms with Crippen LogP contribution in [-0.2, 0) is 16.0 Å². The molecule has 32 heavy (non-hydrogen) atoms. The molecule has 11 nitrogen and oxygen atoms in total. The summed E-state index contributed by atoms with van der Waals surface area (Å²) in [5.41, 5.74) is 8.40. The normalized spacial score (nSPS) is 21.7. The zero-order valence-corrected chi connectivity index (χ0v) is 18.1. The molecule has 170 valence electrons. The maximum Gasteiger partial charge on any atom is 0.251 e. The fourth-order valence-corrected chi connectivity index (χ4v) is 4.69. The largest absolute Gasteiger partial charge is 0.384 e. The Morgan fingerprint density at radius 3 is 2.66 bits per heavy atom. The van der Waals surface area contributed by atoms with E-state index in [9.17, 15) is 9.90 Å². The standard InChI is InChI=1S/C21H28N8O3/c1-13(30)19(31)28-4-2-15(12-28)29-5-3-16-17(14-10-23-20(22)24-11-14)25-21(26-18(16)29)27-6-8-32-9-7-27/h10-11,13,15,30H,2-9,12H2,1H3,(H2,22,23,24)/t13-,15+/m1/s1. The fourth-order valence-electron chi connectivity index (χ4n) is 4.69. The number of aliphatic hydroxyl groups is 1. The number of hydrogen-bond donors (Lipinski definition) is 2. The average Bonchev–Trinajstić information content (AvgIpc) is 3.46. The zero-order chi connectivity index (χ0) is 22.2. The maximum absolute atomic E-state index is 12.3. The average molecular weight is 441 g/mol. The number of anilines is 3. The van der Waals surface area contributed by atoms with Gasteiger partial charge in [-0.05, 0) is 19.8 Å². The Hall–Kier alpha value is -3.05. The van der Waals surface area contributed by atoms with Gasteiger partial charge in [-0.25, -0.2) is 15.0 Å². The van der Waals surface area contributed by atoms with Crippen LogP contribution in [0.4, 0.5) is 17.7 Å². The van der Waals surface area contributed by atoms with Gasteiger partial charge in [-0.3, -0.25) is 4.79 Å². The molecular formula is C21H28N8O3. The van der Waals surface area contributed by atoms with Gasteiger partial charge in [-0.15, -0.1) is 0 Å². The lowest BCUT2D eigenvalue weighted by Crippen LogP contribution is -2.41. The van der Waals surface area contributed by atoms with Gasteiger partial charge < -0.3 is 30.3 Å². The van der Waals surface area contributed by atoms with E-state index in [1.54, 1.807) is 17.3 Å². The van der Waals surface area contributed by atoms with Crippen LogP contribution in [-0.4, -0.2) is 93.9 Å². The Balaban J connectivity index is 1.50. The second-order valence-corrected chi connectivity index (χ2v) is 8.45. The molecule has 2 fully saturated rings. The molecule has 2 aromatic rings. The summed E-state index contributed by atoms with van der Waals surface area (Å²) in [6.45, 7) is 6.30. The molecule has 0 bridgehead atoms. The van der Waals surface area contributed by atoms with Crippen molar-refractivity contribution >= 4 is 23.6 Å². The zero-order valence-electron chi connectivity index (χ0n) is 18.1. The number of nitrogens with two attached hydrogens (primary N) is 1. The van der Waals surface area contributed by atoms with Gasteiger partial charge in [-0.1, -0.05) is 0 Å². The molecule has 0 unspecified atom stereocenters. The fraction of sp³-hybridized carbons (Fsp3) is 0.571. The van der Waals surface area contributed by atoms with Crippen molar-refractivity contribution in [2.75, 3.05) is 61.5 Å². The smallest absolute Gasteiger partial charge is 0.251 e. The summed E-state index contributed by atoms with van der Waals surface area (Å²) in [4.78, 5) is 36.6. The van der Waals surface area contributed by atoms with Crippen LogP contribution in [0.3, 0.4) is 0 Å². The minimum atomic E-state index is -0.980. The predicted molar refractivity (Wildman–Crippen MR) is 118 cm³/mol. The minimum Gasteiger partial charge on any atom is -0.384 e. The van der Waals surface area contributed by atoms with Crippen LogP contribution >= 0.6 is 0 Å². The van der Waals surface area contributed by atoms with Gasteiger partial charge in [0.2, 0.25) is 11.9 Å². The molecule has 0 spiro atoms. The molecule has 3 N–H and O–H groups in total. The monoisotopic (exact) mass is 440 g/mol. The highest BCUT2D eigenvalue weighted by Crippen LogP contribution is 2.37. The third kappa shape index (κ3) is 3.82. The first-order chi connectivity index (χ1) is 15.5. The summed E-state index contributed by atoms with van der Waals surface area (Å²) in [7, 11) is 0. The van der Waals surface area contributed by atoms with E-state index in [0.717, 1.165) is 55.1 Å². The highest BCUT2D eigenvalue weighted by atomic mass is 16.5. The van der Waals surface area contributed by atoms with Crippen molar-refractivity contribution in [1.82, 2.24) is 24.8 Å². The molecule has 1 amide bonds. The van der Waals surface area contributed by atoms with Crippen molar-refractivity contribution < 1.29 is 14.6 Å². The third-order valence-electron chi connectivity index (χ3n) is 6.36. The third-order valence-corrected chi connectivity index (χ3v) is 6.36. The van der Waals surface area contributed by atoms with E-state index < -0.39 is 6.10 Å². The van der Waals surface area contributed by atoms with E-state index >= 15 is 0 Å². The van der Waals surface area contributed by atoms with Crippen molar-refractivity contribution in [3.8, 4) is 11.3 Å². The van der Waals surface area contributed by atoms with Crippen LogP contribution in [0.1, 0.15) is 18.9 Å². The van der Waals surface area contributed by atoms with Gasteiger partial charge in [0.25, 0.3) is 5.91 Å². The molecule has 2 aromatic heterocycles. The molecule has 3 aliphatic heterocycles.